The number of aliphatic hydroxyl groups excluding tert-OH is 1. The van der Waals surface area contributed by atoms with Gasteiger partial charge in [0.1, 0.15) is 5.75 Å². The highest BCUT2D eigenvalue weighted by molar-refractivity contribution is 9.10. The van der Waals surface area contributed by atoms with Crippen LogP contribution in [0, 0.1) is 0 Å². The first kappa shape index (κ1) is 31.5. The summed E-state index contributed by atoms with van der Waals surface area (Å²) >= 11 is 19.7. The van der Waals surface area contributed by atoms with Crippen LogP contribution in [0.4, 0.5) is 0 Å². The number of nitrogens with one attached hydrogen (secondary N) is 1. The molecule has 1 heterocycles. The van der Waals surface area contributed by atoms with Crippen molar-refractivity contribution in [3.05, 3.63) is 132 Å². The lowest BCUT2D eigenvalue weighted by molar-refractivity contribution is -0.129. The first-order valence-corrected chi connectivity index (χ1v) is 15.9. The number of aliphatic imine (C=N–C) groups is 1. The molecule has 0 fully saturated rings. The molecule has 1 amide bonds. The summed E-state index contributed by atoms with van der Waals surface area (Å²) in [6.07, 6.45) is 0.0706. The Morgan fingerprint density at radius 3 is 2.44 bits per heavy atom. The number of hydrogen-bond acceptors (Lipinski definition) is 5. The second-order valence-electron chi connectivity index (χ2n) is 10.0. The van der Waals surface area contributed by atoms with Crippen LogP contribution in [0.25, 0.3) is 0 Å². The van der Waals surface area contributed by atoms with Gasteiger partial charge in [0.05, 0.1) is 6.61 Å². The molecule has 0 bridgehead atoms. The Morgan fingerprint density at radius 2 is 1.74 bits per heavy atom. The number of hydrogen-bond donors (Lipinski definition) is 2. The third-order valence-corrected chi connectivity index (χ3v) is 8.90. The summed E-state index contributed by atoms with van der Waals surface area (Å²) in [5.41, 5.74) is 1.79. The molecule has 5 rings (SSSR count). The van der Waals surface area contributed by atoms with Gasteiger partial charge < -0.3 is 19.9 Å². The average Bonchev–Trinajstić information content (AvgIpc) is 3.38. The molecule has 4 aromatic carbocycles. The lowest BCUT2D eigenvalue weighted by atomic mass is 9.82. The van der Waals surface area contributed by atoms with E-state index in [-0.39, 0.29) is 25.5 Å². The van der Waals surface area contributed by atoms with Crippen LogP contribution < -0.4 is 10.1 Å². The summed E-state index contributed by atoms with van der Waals surface area (Å²) < 4.78 is 14.0. The molecule has 0 aliphatic carbocycles. The molecule has 6 nitrogen and oxygen atoms in total. The van der Waals surface area contributed by atoms with Gasteiger partial charge in [-0.2, -0.15) is 0 Å². The van der Waals surface area contributed by atoms with E-state index in [1.807, 2.05) is 72.8 Å². The molecule has 1 aliphatic rings. The summed E-state index contributed by atoms with van der Waals surface area (Å²) in [7, 11) is 0. The Bertz CT molecular complexity index is 1620. The molecule has 0 saturated carbocycles. The number of ether oxygens (including phenoxy) is 2. The van der Waals surface area contributed by atoms with Crippen LogP contribution in [0.3, 0.4) is 0 Å². The fourth-order valence-corrected chi connectivity index (χ4v) is 6.09. The van der Waals surface area contributed by atoms with Crippen molar-refractivity contribution in [2.45, 2.75) is 31.0 Å². The summed E-state index contributed by atoms with van der Waals surface area (Å²) in [5.74, 6) is 0.706. The van der Waals surface area contributed by atoms with Crippen molar-refractivity contribution >= 4 is 66.9 Å². The number of carbonyl (C=O) groups is 1. The molecule has 0 spiro atoms. The van der Waals surface area contributed by atoms with E-state index in [1.165, 1.54) is 0 Å². The van der Waals surface area contributed by atoms with Crippen molar-refractivity contribution in [2.24, 2.45) is 4.99 Å². The van der Waals surface area contributed by atoms with Gasteiger partial charge in [0.2, 0.25) is 5.90 Å². The van der Waals surface area contributed by atoms with Gasteiger partial charge >= 0.3 is 0 Å². The molecule has 4 aromatic rings. The highest BCUT2D eigenvalue weighted by Gasteiger charge is 2.53. The number of halogens is 4. The van der Waals surface area contributed by atoms with Crippen molar-refractivity contribution < 1.29 is 19.4 Å². The van der Waals surface area contributed by atoms with Crippen molar-refractivity contribution in [3.8, 4) is 5.75 Å². The fraction of sp³-hybridized carbons (Fsp3) is 0.212. The van der Waals surface area contributed by atoms with Crippen molar-refractivity contribution in [2.75, 3.05) is 13.2 Å². The molecule has 0 saturated heterocycles. The van der Waals surface area contributed by atoms with E-state index < -0.39 is 11.6 Å². The van der Waals surface area contributed by atoms with Crippen LogP contribution in [0.5, 0.6) is 5.75 Å². The molecule has 43 heavy (non-hydrogen) atoms. The predicted octanol–water partition coefficient (Wildman–Crippen LogP) is 8.10. The molecule has 0 aromatic heterocycles. The Hall–Kier alpha value is -2.88. The van der Waals surface area contributed by atoms with Gasteiger partial charge in [0.25, 0.3) is 5.91 Å². The lowest BCUT2D eigenvalue weighted by Crippen LogP contribution is -2.49. The van der Waals surface area contributed by atoms with E-state index in [0.717, 1.165) is 25.6 Å². The Balaban J connectivity index is 1.56. The zero-order valence-electron chi connectivity index (χ0n) is 22.9. The number of amides is 1. The van der Waals surface area contributed by atoms with Gasteiger partial charge in [-0.15, -0.1) is 0 Å². The molecular weight excluding hydrogens is 719 g/mol. The molecular formula is C33H28Br2Cl2N2O4. The van der Waals surface area contributed by atoms with Crippen molar-refractivity contribution in [1.29, 1.82) is 0 Å². The third-order valence-electron chi connectivity index (χ3n) is 7.06. The molecule has 222 valence electrons. The predicted molar refractivity (Wildman–Crippen MR) is 177 cm³/mol. The topological polar surface area (TPSA) is 80.2 Å². The normalized spacial score (nSPS) is 17.7. The van der Waals surface area contributed by atoms with E-state index >= 15 is 0 Å². The summed E-state index contributed by atoms with van der Waals surface area (Å²) in [5, 5.41) is 13.1. The minimum Gasteiger partial charge on any atom is -0.494 e. The van der Waals surface area contributed by atoms with Crippen LogP contribution in [0.15, 0.2) is 105 Å². The number of benzene rings is 4. The standard InChI is InChI=1S/C33H28Br2Cl2N2O4/c34-24-11-6-21(7-12-24)19-33(32(41)38-20-23-8-13-25(36)18-29(23)37)30(27-4-1-2-5-28(27)35)43-31(39-33)22-9-14-26(15-10-22)42-17-3-16-40/h1-2,4-15,18,30,40H,3,16-17,19-20H2,(H,38,41)/t30-,33-/m1/s1. The molecule has 10 heteroatoms. The maximum atomic E-state index is 14.4. The second kappa shape index (κ2) is 14.3. The maximum absolute atomic E-state index is 14.4. The Kier molecular flexibility index (Phi) is 10.5. The molecule has 0 unspecified atom stereocenters. The summed E-state index contributed by atoms with van der Waals surface area (Å²) in [4.78, 5) is 19.5. The molecule has 2 atom stereocenters. The summed E-state index contributed by atoms with van der Waals surface area (Å²) in [6.45, 7) is 0.655. The number of rotatable bonds is 11. The minimum absolute atomic E-state index is 0.0614. The van der Waals surface area contributed by atoms with Gasteiger partial charge in [0.15, 0.2) is 11.6 Å². The number of carbonyl (C=O) groups excluding carboxylic acids is 1. The largest absolute Gasteiger partial charge is 0.494 e. The molecule has 1 aliphatic heterocycles. The van der Waals surface area contributed by atoms with E-state index in [1.54, 1.807) is 18.2 Å². The SMILES string of the molecule is O=C(NCc1ccc(Cl)cc1Cl)[C@]1(Cc2ccc(Br)cc2)N=C(c2ccc(OCCCO)cc2)O[C@@H]1c1ccccc1Br. The molecule has 0 radical (unpaired) electrons. The average molecular weight is 747 g/mol. The first-order valence-electron chi connectivity index (χ1n) is 13.6. The highest BCUT2D eigenvalue weighted by Crippen LogP contribution is 2.44. The van der Waals surface area contributed by atoms with Gasteiger partial charge in [-0.25, -0.2) is 4.99 Å². The monoisotopic (exact) mass is 744 g/mol. The highest BCUT2D eigenvalue weighted by atomic mass is 79.9. The first-order chi connectivity index (χ1) is 20.8. The zero-order valence-corrected chi connectivity index (χ0v) is 27.6. The second-order valence-corrected chi connectivity index (χ2v) is 12.6. The van der Waals surface area contributed by atoms with Crippen LogP contribution in [-0.4, -0.2) is 35.7 Å². The van der Waals surface area contributed by atoms with E-state index in [2.05, 4.69) is 37.2 Å². The van der Waals surface area contributed by atoms with Crippen molar-refractivity contribution in [1.82, 2.24) is 5.32 Å². The maximum Gasteiger partial charge on any atom is 0.252 e. The Labute approximate surface area is 277 Å². The quantitative estimate of drug-likeness (QED) is 0.152. The van der Waals surface area contributed by atoms with Gasteiger partial charge in [-0.05, 0) is 65.7 Å². The van der Waals surface area contributed by atoms with E-state index in [4.69, 9.17) is 42.8 Å². The van der Waals surface area contributed by atoms with E-state index in [9.17, 15) is 4.79 Å². The zero-order chi connectivity index (χ0) is 30.4. The fourth-order valence-electron chi connectivity index (χ4n) is 4.85. The van der Waals surface area contributed by atoms with Gasteiger partial charge in [0, 0.05) is 56.1 Å². The van der Waals surface area contributed by atoms with Crippen molar-refractivity contribution in [3.63, 3.8) is 0 Å². The van der Waals surface area contributed by atoms with E-state index in [0.29, 0.717) is 40.3 Å². The third kappa shape index (κ3) is 7.44. The van der Waals surface area contributed by atoms with Crippen LogP contribution in [0.2, 0.25) is 10.0 Å². The number of nitrogens with zero attached hydrogens (tertiary/aromatic N) is 1. The summed E-state index contributed by atoms with van der Waals surface area (Å²) in [6, 6.07) is 28.0. The van der Waals surface area contributed by atoms with Gasteiger partial charge in [-0.1, -0.05) is 91.5 Å². The smallest absolute Gasteiger partial charge is 0.252 e. The van der Waals surface area contributed by atoms with Gasteiger partial charge in [-0.3, -0.25) is 4.79 Å². The van der Waals surface area contributed by atoms with Crippen LogP contribution in [-0.2, 0) is 22.5 Å². The molecule has 2 N–H and O–H groups in total. The minimum atomic E-state index is -1.36. The number of aliphatic hydroxyl groups is 1. The Morgan fingerprint density at radius 1 is 1.00 bits per heavy atom. The van der Waals surface area contributed by atoms with Crippen LogP contribution >= 0.6 is 55.1 Å². The lowest BCUT2D eigenvalue weighted by Gasteiger charge is -2.31. The van der Waals surface area contributed by atoms with Crippen LogP contribution in [0.1, 0.15) is 34.8 Å².